The fraction of sp³-hybridized carbons (Fsp3) is 0.571. The highest BCUT2D eigenvalue weighted by Crippen LogP contribution is 2.31. The molecule has 1 aromatic rings. The van der Waals surface area contributed by atoms with E-state index in [1.807, 2.05) is 23.5 Å². The standard InChI is InChI=1S/C14H21NS2/c1-16-9-5-4-8-15-14-11-17-10-12-6-2-3-7-13(12)14/h2-3,6-7,14-15H,4-5,8-11H2,1H3. The summed E-state index contributed by atoms with van der Waals surface area (Å²) in [4.78, 5) is 0. The molecule has 0 radical (unpaired) electrons. The van der Waals surface area contributed by atoms with Gasteiger partial charge in [-0.2, -0.15) is 23.5 Å². The van der Waals surface area contributed by atoms with Crippen LogP contribution in [-0.4, -0.2) is 24.3 Å². The summed E-state index contributed by atoms with van der Waals surface area (Å²) in [7, 11) is 0. The quantitative estimate of drug-likeness (QED) is 0.789. The van der Waals surface area contributed by atoms with Crippen molar-refractivity contribution in [2.45, 2.75) is 24.6 Å². The van der Waals surface area contributed by atoms with E-state index in [4.69, 9.17) is 0 Å². The predicted octanol–water partition coefficient (Wildman–Crippen LogP) is 3.71. The normalized spacial score (nSPS) is 19.0. The molecule has 0 fully saturated rings. The summed E-state index contributed by atoms with van der Waals surface area (Å²) < 4.78 is 0. The van der Waals surface area contributed by atoms with E-state index in [1.165, 1.54) is 41.2 Å². The molecule has 1 unspecified atom stereocenters. The smallest absolute Gasteiger partial charge is 0.0415 e. The number of benzene rings is 1. The fourth-order valence-electron chi connectivity index (χ4n) is 2.20. The van der Waals surface area contributed by atoms with E-state index in [9.17, 15) is 0 Å². The Bertz CT molecular complexity index is 341. The van der Waals surface area contributed by atoms with E-state index in [0.29, 0.717) is 6.04 Å². The largest absolute Gasteiger partial charge is 0.309 e. The Balaban J connectivity index is 1.82. The monoisotopic (exact) mass is 267 g/mol. The molecule has 1 atom stereocenters. The van der Waals surface area contributed by atoms with E-state index in [0.717, 1.165) is 6.54 Å². The van der Waals surface area contributed by atoms with Crippen molar-refractivity contribution >= 4 is 23.5 Å². The zero-order valence-electron chi connectivity index (χ0n) is 10.4. The Kier molecular flexibility index (Phi) is 5.75. The number of thioether (sulfide) groups is 2. The van der Waals surface area contributed by atoms with Crippen LogP contribution in [0.4, 0.5) is 0 Å². The first-order valence-electron chi connectivity index (χ1n) is 6.29. The molecule has 2 rings (SSSR count). The highest BCUT2D eigenvalue weighted by atomic mass is 32.2. The van der Waals surface area contributed by atoms with Gasteiger partial charge in [0.05, 0.1) is 0 Å². The summed E-state index contributed by atoms with van der Waals surface area (Å²) >= 11 is 3.99. The van der Waals surface area contributed by atoms with Gasteiger partial charge in [-0.25, -0.2) is 0 Å². The second-order valence-electron chi connectivity index (χ2n) is 4.42. The lowest BCUT2D eigenvalue weighted by atomic mass is 10.0. The van der Waals surface area contributed by atoms with Crippen molar-refractivity contribution in [1.82, 2.24) is 5.32 Å². The molecule has 17 heavy (non-hydrogen) atoms. The molecule has 1 aliphatic rings. The first-order chi connectivity index (χ1) is 8.42. The van der Waals surface area contributed by atoms with Crippen LogP contribution in [0.5, 0.6) is 0 Å². The second kappa shape index (κ2) is 7.34. The summed E-state index contributed by atoms with van der Waals surface area (Å²) in [6, 6.07) is 9.44. The molecule has 1 nitrogen and oxygen atoms in total. The van der Waals surface area contributed by atoms with Crippen molar-refractivity contribution in [3.8, 4) is 0 Å². The Labute approximate surface area is 113 Å². The number of unbranched alkanes of at least 4 members (excludes halogenated alkanes) is 1. The summed E-state index contributed by atoms with van der Waals surface area (Å²) in [5, 5.41) is 3.71. The Hall–Kier alpha value is -0.120. The van der Waals surface area contributed by atoms with Crippen LogP contribution in [0.15, 0.2) is 24.3 Å². The molecule has 0 spiro atoms. The van der Waals surface area contributed by atoms with Gasteiger partial charge in [-0.05, 0) is 42.5 Å². The molecule has 0 aliphatic carbocycles. The van der Waals surface area contributed by atoms with Gasteiger partial charge in [0.2, 0.25) is 0 Å². The average molecular weight is 267 g/mol. The van der Waals surface area contributed by atoms with Gasteiger partial charge < -0.3 is 5.32 Å². The fourth-order valence-corrected chi connectivity index (χ4v) is 3.83. The van der Waals surface area contributed by atoms with Crippen LogP contribution in [0.2, 0.25) is 0 Å². The molecular formula is C14H21NS2. The molecule has 1 heterocycles. The lowest BCUT2D eigenvalue weighted by molar-refractivity contribution is 0.556. The third-order valence-electron chi connectivity index (χ3n) is 3.14. The van der Waals surface area contributed by atoms with Gasteiger partial charge in [0.15, 0.2) is 0 Å². The van der Waals surface area contributed by atoms with Gasteiger partial charge >= 0.3 is 0 Å². The van der Waals surface area contributed by atoms with Gasteiger partial charge in [0.25, 0.3) is 0 Å². The van der Waals surface area contributed by atoms with E-state index < -0.39 is 0 Å². The van der Waals surface area contributed by atoms with Gasteiger partial charge in [0.1, 0.15) is 0 Å². The summed E-state index contributed by atoms with van der Waals surface area (Å²) in [6.45, 7) is 1.15. The van der Waals surface area contributed by atoms with Gasteiger partial charge in [-0.3, -0.25) is 0 Å². The van der Waals surface area contributed by atoms with Crippen LogP contribution >= 0.6 is 23.5 Å². The molecule has 1 N–H and O–H groups in total. The molecular weight excluding hydrogens is 246 g/mol. The minimum atomic E-state index is 0.569. The van der Waals surface area contributed by atoms with Crippen molar-refractivity contribution in [3.05, 3.63) is 35.4 Å². The maximum absolute atomic E-state index is 3.71. The summed E-state index contributed by atoms with van der Waals surface area (Å²) in [5.41, 5.74) is 3.04. The molecule has 0 saturated heterocycles. The number of nitrogens with one attached hydrogen (secondary N) is 1. The van der Waals surface area contributed by atoms with Gasteiger partial charge in [-0.1, -0.05) is 24.3 Å². The number of fused-ring (bicyclic) bond motifs is 1. The first kappa shape index (κ1) is 13.3. The highest BCUT2D eigenvalue weighted by molar-refractivity contribution is 7.98. The molecule has 94 valence electrons. The lowest BCUT2D eigenvalue weighted by Crippen LogP contribution is -2.27. The Morgan fingerprint density at radius 3 is 3.12 bits per heavy atom. The van der Waals surface area contributed by atoms with E-state index in [-0.39, 0.29) is 0 Å². The Morgan fingerprint density at radius 1 is 1.35 bits per heavy atom. The van der Waals surface area contributed by atoms with Crippen LogP contribution in [0.25, 0.3) is 0 Å². The van der Waals surface area contributed by atoms with Crippen LogP contribution in [-0.2, 0) is 5.75 Å². The maximum Gasteiger partial charge on any atom is 0.0415 e. The maximum atomic E-state index is 3.71. The third kappa shape index (κ3) is 3.94. The zero-order chi connectivity index (χ0) is 11.9. The lowest BCUT2D eigenvalue weighted by Gasteiger charge is -2.26. The van der Waals surface area contributed by atoms with E-state index in [2.05, 4.69) is 35.8 Å². The predicted molar refractivity (Wildman–Crippen MR) is 81.0 cm³/mol. The molecule has 1 aliphatic heterocycles. The molecule has 1 aromatic carbocycles. The van der Waals surface area contributed by atoms with Crippen molar-refractivity contribution in [2.75, 3.05) is 24.3 Å². The van der Waals surface area contributed by atoms with Crippen LogP contribution < -0.4 is 5.32 Å². The van der Waals surface area contributed by atoms with Crippen LogP contribution in [0, 0.1) is 0 Å². The Morgan fingerprint density at radius 2 is 2.24 bits per heavy atom. The first-order valence-corrected chi connectivity index (χ1v) is 8.84. The molecule has 0 saturated carbocycles. The van der Waals surface area contributed by atoms with E-state index in [1.54, 1.807) is 0 Å². The SMILES string of the molecule is CSCCCCNC1CSCc2ccccc21. The third-order valence-corrected chi connectivity index (χ3v) is 4.92. The minimum Gasteiger partial charge on any atom is -0.309 e. The average Bonchev–Trinajstić information content (AvgIpc) is 2.39. The molecule has 0 bridgehead atoms. The number of hydrogen-bond acceptors (Lipinski definition) is 3. The molecule has 3 heteroatoms. The van der Waals surface area contributed by atoms with Crippen LogP contribution in [0.1, 0.15) is 30.0 Å². The van der Waals surface area contributed by atoms with Crippen LogP contribution in [0.3, 0.4) is 0 Å². The number of rotatable bonds is 6. The molecule has 0 amide bonds. The van der Waals surface area contributed by atoms with Crippen molar-refractivity contribution in [2.24, 2.45) is 0 Å². The second-order valence-corrected chi connectivity index (χ2v) is 6.44. The summed E-state index contributed by atoms with van der Waals surface area (Å²) in [5.74, 6) is 3.69. The van der Waals surface area contributed by atoms with Crippen molar-refractivity contribution < 1.29 is 0 Å². The number of hydrogen-bond donors (Lipinski definition) is 1. The summed E-state index contributed by atoms with van der Waals surface area (Å²) in [6.07, 6.45) is 4.81. The highest BCUT2D eigenvalue weighted by Gasteiger charge is 2.18. The molecule has 0 aromatic heterocycles. The zero-order valence-corrected chi connectivity index (χ0v) is 12.1. The minimum absolute atomic E-state index is 0.569. The topological polar surface area (TPSA) is 12.0 Å². The van der Waals surface area contributed by atoms with Crippen molar-refractivity contribution in [3.63, 3.8) is 0 Å². The van der Waals surface area contributed by atoms with Gasteiger partial charge in [0, 0.05) is 17.5 Å². The van der Waals surface area contributed by atoms with Crippen molar-refractivity contribution in [1.29, 1.82) is 0 Å². The van der Waals surface area contributed by atoms with E-state index >= 15 is 0 Å². The van der Waals surface area contributed by atoms with Gasteiger partial charge in [-0.15, -0.1) is 0 Å².